The van der Waals surface area contributed by atoms with E-state index in [1.165, 1.54) is 6.42 Å². The largest absolute Gasteiger partial charge is 0.355 e. The fraction of sp³-hybridized carbons (Fsp3) is 0.357. The molecule has 3 aromatic heterocycles. The summed E-state index contributed by atoms with van der Waals surface area (Å²) in [6, 6.07) is 0. The van der Waals surface area contributed by atoms with E-state index in [0.717, 1.165) is 55.6 Å². The van der Waals surface area contributed by atoms with Crippen LogP contribution in [0.15, 0.2) is 6.33 Å². The van der Waals surface area contributed by atoms with E-state index in [1.807, 2.05) is 13.8 Å². The Kier molecular flexibility index (Phi) is 3.67. The van der Waals surface area contributed by atoms with E-state index in [0.29, 0.717) is 0 Å². The van der Waals surface area contributed by atoms with Gasteiger partial charge in [0.05, 0.1) is 20.9 Å². The third kappa shape index (κ3) is 2.06. The van der Waals surface area contributed by atoms with Gasteiger partial charge in [-0.2, -0.15) is 0 Å². The highest BCUT2D eigenvalue weighted by atomic mass is 35.5. The summed E-state index contributed by atoms with van der Waals surface area (Å²) >= 11 is 8.01. The van der Waals surface area contributed by atoms with Crippen LogP contribution in [-0.2, 0) is 0 Å². The molecule has 110 valence electrons. The topological polar surface area (TPSA) is 41.9 Å². The Morgan fingerprint density at radius 2 is 2.00 bits per heavy atom. The van der Waals surface area contributed by atoms with Crippen molar-refractivity contribution in [2.45, 2.75) is 20.3 Å². The number of hydrogen-bond donors (Lipinski definition) is 0. The minimum Gasteiger partial charge on any atom is -0.355 e. The standard InChI is InChI=1S/C14H13ClN4S.ClH/c1-7-9-11-12(20-14(9)18-8(2)10(7)15)13(17-6-16-11)19-4-3-5-19;/h6H,3-5H2,1-2H3;1H. The number of fused-ring (bicyclic) bond motifs is 3. The fourth-order valence-electron chi connectivity index (χ4n) is 2.64. The van der Waals surface area contributed by atoms with Crippen molar-refractivity contribution in [3.05, 3.63) is 22.6 Å². The predicted octanol–water partition coefficient (Wildman–Crippen LogP) is 4.14. The third-order valence-corrected chi connectivity index (χ3v) is 5.51. The Morgan fingerprint density at radius 1 is 1.24 bits per heavy atom. The molecule has 0 radical (unpaired) electrons. The number of rotatable bonds is 1. The monoisotopic (exact) mass is 340 g/mol. The van der Waals surface area contributed by atoms with Gasteiger partial charge in [-0.15, -0.1) is 23.7 Å². The highest BCUT2D eigenvalue weighted by Gasteiger charge is 2.22. The molecule has 0 aromatic carbocycles. The van der Waals surface area contributed by atoms with Crippen LogP contribution in [0.2, 0.25) is 5.02 Å². The average Bonchev–Trinajstić information content (AvgIpc) is 2.73. The van der Waals surface area contributed by atoms with Crippen LogP contribution in [0, 0.1) is 13.8 Å². The van der Waals surface area contributed by atoms with Crippen LogP contribution in [0.1, 0.15) is 17.7 Å². The first-order valence-electron chi connectivity index (χ1n) is 6.61. The summed E-state index contributed by atoms with van der Waals surface area (Å²) in [5.41, 5.74) is 2.92. The molecule has 0 N–H and O–H groups in total. The molecule has 1 saturated heterocycles. The van der Waals surface area contributed by atoms with Gasteiger partial charge < -0.3 is 4.90 Å². The van der Waals surface area contributed by atoms with Crippen molar-refractivity contribution in [3.8, 4) is 0 Å². The summed E-state index contributed by atoms with van der Waals surface area (Å²) in [5.74, 6) is 1.04. The van der Waals surface area contributed by atoms with Gasteiger partial charge in [0.1, 0.15) is 17.0 Å². The lowest BCUT2D eigenvalue weighted by molar-refractivity contribution is 0.612. The highest BCUT2D eigenvalue weighted by molar-refractivity contribution is 7.26. The number of anilines is 1. The number of thiophene rings is 1. The molecule has 3 aromatic rings. The molecule has 4 nitrogen and oxygen atoms in total. The van der Waals surface area contributed by atoms with E-state index in [2.05, 4.69) is 19.9 Å². The van der Waals surface area contributed by atoms with Crippen LogP contribution >= 0.6 is 35.3 Å². The highest BCUT2D eigenvalue weighted by Crippen LogP contribution is 2.40. The molecule has 21 heavy (non-hydrogen) atoms. The van der Waals surface area contributed by atoms with Crippen molar-refractivity contribution in [2.75, 3.05) is 18.0 Å². The normalized spacial score (nSPS) is 14.3. The van der Waals surface area contributed by atoms with Gasteiger partial charge in [0.25, 0.3) is 0 Å². The van der Waals surface area contributed by atoms with Gasteiger partial charge >= 0.3 is 0 Å². The molecule has 0 saturated carbocycles. The molecule has 0 atom stereocenters. The van der Waals surface area contributed by atoms with E-state index in [4.69, 9.17) is 11.6 Å². The van der Waals surface area contributed by atoms with E-state index < -0.39 is 0 Å². The lowest BCUT2D eigenvalue weighted by Crippen LogP contribution is -2.37. The Bertz CT molecular complexity index is 842. The maximum atomic E-state index is 6.34. The van der Waals surface area contributed by atoms with Crippen molar-refractivity contribution >= 4 is 61.6 Å². The van der Waals surface area contributed by atoms with E-state index in [1.54, 1.807) is 17.7 Å². The van der Waals surface area contributed by atoms with Crippen molar-refractivity contribution < 1.29 is 0 Å². The first-order chi connectivity index (χ1) is 9.66. The quantitative estimate of drug-likeness (QED) is 0.667. The number of nitrogens with zero attached hydrogens (tertiary/aromatic N) is 4. The number of pyridine rings is 1. The second-order valence-electron chi connectivity index (χ2n) is 5.13. The summed E-state index contributed by atoms with van der Waals surface area (Å²) in [6.07, 6.45) is 2.88. The van der Waals surface area contributed by atoms with Crippen LogP contribution in [-0.4, -0.2) is 28.0 Å². The molecule has 7 heteroatoms. The molecule has 1 aliphatic heterocycles. The number of aryl methyl sites for hydroxylation is 2. The molecule has 0 unspecified atom stereocenters. The maximum Gasteiger partial charge on any atom is 0.150 e. The van der Waals surface area contributed by atoms with E-state index >= 15 is 0 Å². The second-order valence-corrected chi connectivity index (χ2v) is 6.51. The Morgan fingerprint density at radius 3 is 2.67 bits per heavy atom. The van der Waals surface area contributed by atoms with Gasteiger partial charge in [0, 0.05) is 18.5 Å². The molecular weight excluding hydrogens is 327 g/mol. The van der Waals surface area contributed by atoms with Crippen LogP contribution in [0.3, 0.4) is 0 Å². The molecule has 4 rings (SSSR count). The van der Waals surface area contributed by atoms with Gasteiger partial charge in [-0.3, -0.25) is 0 Å². The smallest absolute Gasteiger partial charge is 0.150 e. The maximum absolute atomic E-state index is 6.34. The van der Waals surface area contributed by atoms with Crippen molar-refractivity contribution in [2.24, 2.45) is 0 Å². The average molecular weight is 341 g/mol. The van der Waals surface area contributed by atoms with Crippen molar-refractivity contribution in [1.29, 1.82) is 0 Å². The molecule has 4 heterocycles. The first-order valence-corrected chi connectivity index (χ1v) is 7.81. The summed E-state index contributed by atoms with van der Waals surface area (Å²) in [6.45, 7) is 6.14. The molecular formula is C14H14Cl2N4S. The fourth-order valence-corrected chi connectivity index (χ4v) is 4.03. The molecule has 0 aliphatic carbocycles. The summed E-state index contributed by atoms with van der Waals surface area (Å²) in [4.78, 5) is 16.9. The number of halogens is 2. The van der Waals surface area contributed by atoms with E-state index in [-0.39, 0.29) is 12.4 Å². The van der Waals surface area contributed by atoms with Crippen LogP contribution in [0.4, 0.5) is 5.82 Å². The zero-order chi connectivity index (χ0) is 13.9. The van der Waals surface area contributed by atoms with Gasteiger partial charge in [-0.05, 0) is 25.8 Å². The third-order valence-electron chi connectivity index (χ3n) is 3.88. The lowest BCUT2D eigenvalue weighted by Gasteiger charge is -2.31. The van der Waals surface area contributed by atoms with Crippen LogP contribution in [0.25, 0.3) is 20.4 Å². The number of aromatic nitrogens is 3. The Hall–Kier alpha value is -1.17. The molecule has 0 spiro atoms. The molecule has 1 fully saturated rings. The van der Waals surface area contributed by atoms with Gasteiger partial charge in [-0.25, -0.2) is 15.0 Å². The SMILES string of the molecule is Cc1nc2sc3c(N4CCC4)ncnc3c2c(C)c1Cl.Cl. The zero-order valence-corrected chi connectivity index (χ0v) is 14.1. The molecule has 1 aliphatic rings. The van der Waals surface area contributed by atoms with Crippen LogP contribution in [0.5, 0.6) is 0 Å². The molecule has 0 amide bonds. The van der Waals surface area contributed by atoms with Crippen LogP contribution < -0.4 is 4.90 Å². The van der Waals surface area contributed by atoms with Gasteiger partial charge in [0.2, 0.25) is 0 Å². The minimum atomic E-state index is 0. The summed E-state index contributed by atoms with van der Waals surface area (Å²) in [7, 11) is 0. The van der Waals surface area contributed by atoms with E-state index in [9.17, 15) is 0 Å². The lowest BCUT2D eigenvalue weighted by atomic mass is 10.1. The van der Waals surface area contributed by atoms with Gasteiger partial charge in [-0.1, -0.05) is 11.6 Å². The molecule has 0 bridgehead atoms. The Labute approximate surface area is 137 Å². The van der Waals surface area contributed by atoms with Crippen molar-refractivity contribution in [3.63, 3.8) is 0 Å². The second kappa shape index (κ2) is 5.23. The summed E-state index contributed by atoms with van der Waals surface area (Å²) in [5, 5.41) is 1.81. The van der Waals surface area contributed by atoms with Gasteiger partial charge in [0.15, 0.2) is 0 Å². The number of hydrogen-bond acceptors (Lipinski definition) is 5. The minimum absolute atomic E-state index is 0. The Balaban J connectivity index is 0.00000132. The summed E-state index contributed by atoms with van der Waals surface area (Å²) < 4.78 is 1.12. The van der Waals surface area contributed by atoms with Crippen molar-refractivity contribution in [1.82, 2.24) is 15.0 Å². The first kappa shape index (κ1) is 14.8. The zero-order valence-electron chi connectivity index (χ0n) is 11.7. The predicted molar refractivity (Wildman–Crippen MR) is 91.3 cm³/mol.